The average molecular weight is 546 g/mol. The first-order valence-electron chi connectivity index (χ1n) is 10.7. The molecule has 32 heavy (non-hydrogen) atoms. The van der Waals surface area contributed by atoms with Gasteiger partial charge in [0.25, 0.3) is 0 Å². The van der Waals surface area contributed by atoms with Crippen molar-refractivity contribution in [3.05, 3.63) is 72.6 Å². The van der Waals surface area contributed by atoms with Crippen LogP contribution in [0.2, 0.25) is 0 Å². The van der Waals surface area contributed by atoms with Crippen LogP contribution in [0.3, 0.4) is 0 Å². The van der Waals surface area contributed by atoms with Crippen molar-refractivity contribution in [2.24, 2.45) is 4.99 Å². The molecule has 0 bridgehead atoms. The van der Waals surface area contributed by atoms with Crippen molar-refractivity contribution in [1.29, 1.82) is 0 Å². The molecule has 0 spiro atoms. The fourth-order valence-corrected chi connectivity index (χ4v) is 3.91. The van der Waals surface area contributed by atoms with Crippen LogP contribution in [-0.2, 0) is 6.42 Å². The molecule has 8 heteroatoms. The van der Waals surface area contributed by atoms with Gasteiger partial charge < -0.3 is 20.3 Å². The van der Waals surface area contributed by atoms with Gasteiger partial charge in [-0.25, -0.2) is 4.68 Å². The Bertz CT molecular complexity index is 1010. The topological polar surface area (TPSA) is 66.7 Å². The van der Waals surface area contributed by atoms with Crippen molar-refractivity contribution in [1.82, 2.24) is 20.4 Å². The number of hydrogen-bond acceptors (Lipinski definition) is 4. The highest BCUT2D eigenvalue weighted by Gasteiger charge is 2.25. The van der Waals surface area contributed by atoms with Crippen molar-refractivity contribution in [2.75, 3.05) is 38.7 Å². The summed E-state index contributed by atoms with van der Waals surface area (Å²) in [5.41, 5.74) is 3.41. The first-order valence-corrected chi connectivity index (χ1v) is 10.7. The molecule has 0 saturated carbocycles. The van der Waals surface area contributed by atoms with Crippen LogP contribution in [0.4, 0.5) is 5.69 Å². The molecule has 1 unspecified atom stereocenters. The lowest BCUT2D eigenvalue weighted by Crippen LogP contribution is -2.45. The predicted octanol–water partition coefficient (Wildman–Crippen LogP) is 3.49. The molecule has 2 aromatic carbocycles. The second-order valence-electron chi connectivity index (χ2n) is 7.63. The van der Waals surface area contributed by atoms with E-state index in [9.17, 15) is 0 Å². The Morgan fingerprint density at radius 2 is 1.94 bits per heavy atom. The van der Waals surface area contributed by atoms with Gasteiger partial charge in [-0.05, 0) is 42.7 Å². The highest BCUT2D eigenvalue weighted by Crippen LogP contribution is 2.30. The maximum atomic E-state index is 5.52. The molecule has 1 aliphatic rings. The van der Waals surface area contributed by atoms with Gasteiger partial charge in [0.15, 0.2) is 5.96 Å². The van der Waals surface area contributed by atoms with Gasteiger partial charge in [0.05, 0.1) is 24.7 Å². The largest absolute Gasteiger partial charge is 0.495 e. The van der Waals surface area contributed by atoms with Crippen LogP contribution in [-0.4, -0.2) is 55.6 Å². The summed E-state index contributed by atoms with van der Waals surface area (Å²) >= 11 is 0. The quantitative estimate of drug-likeness (QED) is 0.270. The van der Waals surface area contributed by atoms with Crippen molar-refractivity contribution in [3.8, 4) is 11.4 Å². The van der Waals surface area contributed by atoms with Crippen molar-refractivity contribution in [3.63, 3.8) is 0 Å². The van der Waals surface area contributed by atoms with Gasteiger partial charge in [-0.2, -0.15) is 5.10 Å². The molecule has 2 N–H and O–H groups in total. The van der Waals surface area contributed by atoms with Gasteiger partial charge in [-0.1, -0.05) is 30.3 Å². The molecule has 0 aliphatic carbocycles. The summed E-state index contributed by atoms with van der Waals surface area (Å²) in [5, 5.41) is 11.5. The molecule has 2 heterocycles. The number of methoxy groups -OCH3 is 1. The van der Waals surface area contributed by atoms with E-state index in [4.69, 9.17) is 4.74 Å². The van der Waals surface area contributed by atoms with Crippen LogP contribution in [0, 0.1) is 0 Å². The number of para-hydroxylation sites is 3. The molecular weight excluding hydrogens is 515 g/mol. The third kappa shape index (κ3) is 5.93. The molecule has 0 radical (unpaired) electrons. The minimum absolute atomic E-state index is 0. The minimum Gasteiger partial charge on any atom is -0.495 e. The monoisotopic (exact) mass is 546 g/mol. The summed E-state index contributed by atoms with van der Waals surface area (Å²) in [6.07, 6.45) is 5.94. The molecule has 170 valence electrons. The Hall–Kier alpha value is -2.75. The highest BCUT2D eigenvalue weighted by atomic mass is 127. The number of nitrogens with zero attached hydrogens (tertiary/aromatic N) is 4. The van der Waals surface area contributed by atoms with Gasteiger partial charge >= 0.3 is 0 Å². The summed E-state index contributed by atoms with van der Waals surface area (Å²) < 4.78 is 7.43. The van der Waals surface area contributed by atoms with Crippen LogP contribution in [0.25, 0.3) is 5.69 Å². The summed E-state index contributed by atoms with van der Waals surface area (Å²) in [5.74, 6) is 1.75. The van der Waals surface area contributed by atoms with E-state index >= 15 is 0 Å². The Kier molecular flexibility index (Phi) is 8.78. The number of rotatable bonds is 7. The third-order valence-electron chi connectivity index (χ3n) is 5.54. The highest BCUT2D eigenvalue weighted by molar-refractivity contribution is 14.0. The molecule has 1 saturated heterocycles. The Balaban J connectivity index is 0.00000289. The van der Waals surface area contributed by atoms with Crippen molar-refractivity contribution in [2.45, 2.75) is 18.9 Å². The van der Waals surface area contributed by atoms with Crippen molar-refractivity contribution < 1.29 is 4.74 Å². The SMILES string of the molecule is CN=C(NCCc1cnn(-c2ccccc2)c1)NC1CCN(c2ccccc2OC)C1.I. The number of aliphatic imine (C=N–C) groups is 1. The Labute approximate surface area is 206 Å². The number of benzene rings is 2. The standard InChI is InChI=1S/C24H30N6O.HI/c1-25-24(26-14-12-19-16-27-30(17-19)21-8-4-3-5-9-21)28-20-13-15-29(18-20)22-10-6-7-11-23(22)31-2;/h3-11,16-17,20H,12-15,18H2,1-2H3,(H2,25,26,28);1H. The fraction of sp³-hybridized carbons (Fsp3) is 0.333. The Morgan fingerprint density at radius 3 is 2.72 bits per heavy atom. The molecular formula is C24H31IN6O. The van der Waals surface area contributed by atoms with Gasteiger partial charge in [-0.3, -0.25) is 4.99 Å². The number of halogens is 1. The normalized spacial score (nSPS) is 15.9. The molecule has 1 aliphatic heterocycles. The zero-order chi connectivity index (χ0) is 21.5. The number of guanidine groups is 1. The van der Waals surface area contributed by atoms with E-state index in [1.54, 1.807) is 7.11 Å². The number of anilines is 1. The van der Waals surface area contributed by atoms with Crippen LogP contribution in [0.5, 0.6) is 5.75 Å². The fourth-order valence-electron chi connectivity index (χ4n) is 3.91. The molecule has 1 atom stereocenters. The molecule has 0 amide bonds. The number of ether oxygens (including phenoxy) is 1. The van der Waals surface area contributed by atoms with E-state index in [-0.39, 0.29) is 24.0 Å². The zero-order valence-electron chi connectivity index (χ0n) is 18.6. The lowest BCUT2D eigenvalue weighted by atomic mass is 10.2. The molecule has 7 nitrogen and oxygen atoms in total. The number of aromatic nitrogens is 2. The second-order valence-corrected chi connectivity index (χ2v) is 7.63. The smallest absolute Gasteiger partial charge is 0.191 e. The first-order chi connectivity index (χ1) is 15.3. The molecule has 3 aromatic rings. The minimum atomic E-state index is 0. The van der Waals surface area contributed by atoms with Gasteiger partial charge in [-0.15, -0.1) is 24.0 Å². The molecule has 1 aromatic heterocycles. The summed E-state index contributed by atoms with van der Waals surface area (Å²) in [6, 6.07) is 18.7. The molecule has 4 rings (SSSR count). The van der Waals surface area contributed by atoms with E-state index in [1.165, 1.54) is 5.56 Å². The lowest BCUT2D eigenvalue weighted by molar-refractivity contribution is 0.415. The first kappa shape index (κ1) is 23.9. The van der Waals surface area contributed by atoms with Gasteiger partial charge in [0, 0.05) is 38.9 Å². The van der Waals surface area contributed by atoms with E-state index in [1.807, 2.05) is 48.3 Å². The lowest BCUT2D eigenvalue weighted by Gasteiger charge is -2.22. The maximum Gasteiger partial charge on any atom is 0.191 e. The summed E-state index contributed by atoms with van der Waals surface area (Å²) in [7, 11) is 3.54. The van der Waals surface area contributed by atoms with Gasteiger partial charge in [0.2, 0.25) is 0 Å². The Morgan fingerprint density at radius 1 is 1.16 bits per heavy atom. The number of hydrogen-bond donors (Lipinski definition) is 2. The zero-order valence-corrected chi connectivity index (χ0v) is 20.9. The van der Waals surface area contributed by atoms with E-state index in [0.717, 1.165) is 55.6 Å². The average Bonchev–Trinajstić information content (AvgIpc) is 3.49. The van der Waals surface area contributed by atoms with Crippen LogP contribution in [0.15, 0.2) is 72.0 Å². The third-order valence-corrected chi connectivity index (χ3v) is 5.54. The molecule has 1 fully saturated rings. The summed E-state index contributed by atoms with van der Waals surface area (Å²) in [4.78, 5) is 6.76. The van der Waals surface area contributed by atoms with Crippen LogP contribution < -0.4 is 20.3 Å². The van der Waals surface area contributed by atoms with E-state index in [0.29, 0.717) is 6.04 Å². The second kappa shape index (κ2) is 11.8. The van der Waals surface area contributed by atoms with Crippen molar-refractivity contribution >= 4 is 35.6 Å². The van der Waals surface area contributed by atoms with E-state index in [2.05, 4.69) is 56.1 Å². The van der Waals surface area contributed by atoms with Gasteiger partial charge in [0.1, 0.15) is 5.75 Å². The maximum absolute atomic E-state index is 5.52. The number of nitrogens with one attached hydrogen (secondary N) is 2. The summed E-state index contributed by atoms with van der Waals surface area (Å²) in [6.45, 7) is 2.71. The van der Waals surface area contributed by atoms with E-state index < -0.39 is 0 Å². The predicted molar refractivity (Wildman–Crippen MR) is 141 cm³/mol. The van der Waals surface area contributed by atoms with Crippen LogP contribution >= 0.6 is 24.0 Å². The van der Waals surface area contributed by atoms with Crippen LogP contribution in [0.1, 0.15) is 12.0 Å².